The van der Waals surface area contributed by atoms with E-state index in [1.165, 1.54) is 4.88 Å². The topological polar surface area (TPSA) is 38.9 Å². The molecular weight excluding hydrogens is 204 g/mol. The van der Waals surface area contributed by atoms with Crippen LogP contribution in [0.1, 0.15) is 27.2 Å². The second kappa shape index (κ2) is 4.13. The summed E-state index contributed by atoms with van der Waals surface area (Å²) >= 11 is 1.68. The maximum Gasteiger partial charge on any atom is 0.114 e. The molecule has 0 bridgehead atoms. The van der Waals surface area contributed by atoms with Gasteiger partial charge in [-0.15, -0.1) is 11.3 Å². The van der Waals surface area contributed by atoms with E-state index in [0.29, 0.717) is 0 Å². The Hall–Kier alpha value is -1.19. The van der Waals surface area contributed by atoms with E-state index in [2.05, 4.69) is 11.9 Å². The van der Waals surface area contributed by atoms with Crippen molar-refractivity contribution in [2.45, 2.75) is 19.9 Å². The number of hydrogen-bond donors (Lipinski definition) is 1. The lowest BCUT2D eigenvalue weighted by Gasteiger charge is -2.07. The third-order valence-corrected chi connectivity index (χ3v) is 3.63. The second-order valence-electron chi connectivity index (χ2n) is 3.58. The molecule has 78 valence electrons. The molecule has 0 aliphatic heterocycles. The summed E-state index contributed by atoms with van der Waals surface area (Å²) in [6.45, 7) is 4.10. The summed E-state index contributed by atoms with van der Waals surface area (Å²) < 4.78 is 0. The molecule has 3 heteroatoms. The zero-order valence-corrected chi connectivity index (χ0v) is 9.71. The van der Waals surface area contributed by atoms with E-state index >= 15 is 0 Å². The third kappa shape index (κ3) is 2.08. The molecule has 1 heterocycles. The molecule has 0 fully saturated rings. The molecule has 1 aromatic carbocycles. The summed E-state index contributed by atoms with van der Waals surface area (Å²) in [4.78, 5) is 5.73. The lowest BCUT2D eigenvalue weighted by molar-refractivity contribution is 0.852. The third-order valence-electron chi connectivity index (χ3n) is 2.47. The molecule has 2 nitrogen and oxygen atoms in total. The first-order valence-electron chi connectivity index (χ1n) is 4.93. The van der Waals surface area contributed by atoms with Crippen LogP contribution in [0.4, 0.5) is 0 Å². The Morgan fingerprint density at radius 1 is 1.20 bits per heavy atom. The molecule has 1 unspecified atom stereocenters. The van der Waals surface area contributed by atoms with Crippen molar-refractivity contribution < 1.29 is 0 Å². The van der Waals surface area contributed by atoms with E-state index in [1.54, 1.807) is 11.3 Å². The minimum absolute atomic E-state index is 0.0939. The van der Waals surface area contributed by atoms with Gasteiger partial charge in [0, 0.05) is 4.88 Å². The van der Waals surface area contributed by atoms with Crippen LogP contribution in [0.15, 0.2) is 30.3 Å². The molecule has 0 saturated carbocycles. The highest BCUT2D eigenvalue weighted by molar-refractivity contribution is 7.11. The Labute approximate surface area is 93.8 Å². The average molecular weight is 218 g/mol. The Morgan fingerprint density at radius 2 is 1.87 bits per heavy atom. The standard InChI is InChI=1S/C12H14N2S/c1-8-9(2)15-12(14-8)11(13)10-6-4-3-5-7-10/h3-7,11H,13H2,1-2H3. The van der Waals surface area contributed by atoms with Crippen molar-refractivity contribution >= 4 is 11.3 Å². The van der Waals surface area contributed by atoms with Crippen molar-refractivity contribution in [2.75, 3.05) is 0 Å². The van der Waals surface area contributed by atoms with E-state index in [-0.39, 0.29) is 6.04 Å². The molecule has 15 heavy (non-hydrogen) atoms. The number of aromatic nitrogens is 1. The molecule has 0 aliphatic rings. The summed E-state index contributed by atoms with van der Waals surface area (Å²) in [5, 5.41) is 0.996. The van der Waals surface area contributed by atoms with Crippen LogP contribution in [0, 0.1) is 13.8 Å². The van der Waals surface area contributed by atoms with E-state index in [4.69, 9.17) is 5.73 Å². The number of nitrogens with two attached hydrogens (primary N) is 1. The smallest absolute Gasteiger partial charge is 0.114 e. The van der Waals surface area contributed by atoms with Gasteiger partial charge < -0.3 is 5.73 Å². The van der Waals surface area contributed by atoms with Crippen molar-refractivity contribution in [3.63, 3.8) is 0 Å². The monoisotopic (exact) mass is 218 g/mol. The van der Waals surface area contributed by atoms with Gasteiger partial charge in [-0.3, -0.25) is 0 Å². The summed E-state index contributed by atoms with van der Waals surface area (Å²) in [7, 11) is 0. The molecule has 1 atom stereocenters. The van der Waals surface area contributed by atoms with Gasteiger partial charge in [-0.05, 0) is 19.4 Å². The Kier molecular flexibility index (Phi) is 2.84. The zero-order chi connectivity index (χ0) is 10.8. The van der Waals surface area contributed by atoms with Gasteiger partial charge in [0.1, 0.15) is 5.01 Å². The molecule has 1 aromatic heterocycles. The predicted molar refractivity (Wildman–Crippen MR) is 64.1 cm³/mol. The SMILES string of the molecule is Cc1nc(C(N)c2ccccc2)sc1C. The first kappa shape index (κ1) is 10.3. The molecular formula is C12H14N2S. The highest BCUT2D eigenvalue weighted by atomic mass is 32.1. The number of nitrogens with zero attached hydrogens (tertiary/aromatic N) is 1. The van der Waals surface area contributed by atoms with Crippen molar-refractivity contribution in [3.8, 4) is 0 Å². The largest absolute Gasteiger partial charge is 0.318 e. The van der Waals surface area contributed by atoms with Crippen LogP contribution in [0.2, 0.25) is 0 Å². The number of thiazole rings is 1. The first-order chi connectivity index (χ1) is 7.18. The summed E-state index contributed by atoms with van der Waals surface area (Å²) in [5.74, 6) is 0. The van der Waals surface area contributed by atoms with E-state index in [9.17, 15) is 0 Å². The highest BCUT2D eigenvalue weighted by Crippen LogP contribution is 2.25. The summed E-state index contributed by atoms with van der Waals surface area (Å²) in [6, 6.07) is 9.98. The number of rotatable bonds is 2. The van der Waals surface area contributed by atoms with Gasteiger partial charge in [0.2, 0.25) is 0 Å². The van der Waals surface area contributed by atoms with Gasteiger partial charge in [0.25, 0.3) is 0 Å². The van der Waals surface area contributed by atoms with Crippen LogP contribution >= 0.6 is 11.3 Å². The average Bonchev–Trinajstić information content (AvgIpc) is 2.59. The molecule has 2 aromatic rings. The van der Waals surface area contributed by atoms with Gasteiger partial charge >= 0.3 is 0 Å². The molecule has 0 amide bonds. The Balaban J connectivity index is 2.32. The van der Waals surface area contributed by atoms with Crippen LogP contribution < -0.4 is 5.73 Å². The van der Waals surface area contributed by atoms with Gasteiger partial charge in [-0.1, -0.05) is 30.3 Å². The van der Waals surface area contributed by atoms with Gasteiger partial charge in [-0.2, -0.15) is 0 Å². The van der Waals surface area contributed by atoms with E-state index < -0.39 is 0 Å². The zero-order valence-electron chi connectivity index (χ0n) is 8.90. The number of benzene rings is 1. The Bertz CT molecular complexity index is 428. The Morgan fingerprint density at radius 3 is 2.40 bits per heavy atom. The van der Waals surface area contributed by atoms with Crippen LogP contribution in [-0.4, -0.2) is 4.98 Å². The summed E-state index contributed by atoms with van der Waals surface area (Å²) in [6.07, 6.45) is 0. The molecule has 2 N–H and O–H groups in total. The molecule has 0 radical (unpaired) electrons. The van der Waals surface area contributed by atoms with Crippen molar-refractivity contribution in [2.24, 2.45) is 5.73 Å². The highest BCUT2D eigenvalue weighted by Gasteiger charge is 2.13. The number of hydrogen-bond acceptors (Lipinski definition) is 3. The fraction of sp³-hybridized carbons (Fsp3) is 0.250. The lowest BCUT2D eigenvalue weighted by Crippen LogP contribution is -2.11. The fourth-order valence-corrected chi connectivity index (χ4v) is 2.39. The number of aryl methyl sites for hydroxylation is 2. The lowest BCUT2D eigenvalue weighted by atomic mass is 10.1. The molecule has 2 rings (SSSR count). The van der Waals surface area contributed by atoms with Crippen molar-refractivity contribution in [3.05, 3.63) is 51.5 Å². The maximum atomic E-state index is 6.15. The summed E-state index contributed by atoms with van der Waals surface area (Å²) in [5.41, 5.74) is 8.35. The quantitative estimate of drug-likeness (QED) is 0.841. The van der Waals surface area contributed by atoms with Crippen LogP contribution in [-0.2, 0) is 0 Å². The normalized spacial score (nSPS) is 12.7. The van der Waals surface area contributed by atoms with Crippen LogP contribution in [0.5, 0.6) is 0 Å². The maximum absolute atomic E-state index is 6.15. The second-order valence-corrected chi connectivity index (χ2v) is 4.82. The first-order valence-corrected chi connectivity index (χ1v) is 5.74. The van der Waals surface area contributed by atoms with Gasteiger partial charge in [-0.25, -0.2) is 4.98 Å². The fourth-order valence-electron chi connectivity index (χ4n) is 1.43. The minimum atomic E-state index is -0.0939. The molecule has 0 saturated heterocycles. The predicted octanol–water partition coefficient (Wildman–Crippen LogP) is 2.81. The van der Waals surface area contributed by atoms with Gasteiger partial charge in [0.05, 0.1) is 11.7 Å². The molecule has 0 spiro atoms. The van der Waals surface area contributed by atoms with Gasteiger partial charge in [0.15, 0.2) is 0 Å². The van der Waals surface area contributed by atoms with Crippen molar-refractivity contribution in [1.82, 2.24) is 4.98 Å². The minimum Gasteiger partial charge on any atom is -0.318 e. The van der Waals surface area contributed by atoms with E-state index in [0.717, 1.165) is 16.3 Å². The van der Waals surface area contributed by atoms with Crippen LogP contribution in [0.25, 0.3) is 0 Å². The van der Waals surface area contributed by atoms with Crippen molar-refractivity contribution in [1.29, 1.82) is 0 Å². The van der Waals surface area contributed by atoms with E-state index in [1.807, 2.05) is 37.3 Å². The van der Waals surface area contributed by atoms with Crippen LogP contribution in [0.3, 0.4) is 0 Å². The molecule has 0 aliphatic carbocycles.